The lowest BCUT2D eigenvalue weighted by atomic mass is 10.3. The van der Waals surface area contributed by atoms with Crippen molar-refractivity contribution in [3.05, 3.63) is 11.9 Å². The Morgan fingerprint density at radius 2 is 1.90 bits per heavy atom. The van der Waals surface area contributed by atoms with Crippen molar-refractivity contribution in [1.29, 1.82) is 0 Å². The van der Waals surface area contributed by atoms with Crippen LogP contribution in [-0.2, 0) is 4.79 Å². The normalized spacial score (nSPS) is 14.4. The minimum Gasteiger partial charge on any atom is -0.370 e. The third kappa shape index (κ3) is 3.59. The van der Waals surface area contributed by atoms with Gasteiger partial charge in [0.1, 0.15) is 18.0 Å². The van der Waals surface area contributed by atoms with Crippen molar-refractivity contribution in [2.75, 3.05) is 36.8 Å². The van der Waals surface area contributed by atoms with E-state index in [2.05, 4.69) is 27.5 Å². The second-order valence-corrected chi connectivity index (χ2v) is 5.06. The molecule has 0 bridgehead atoms. The van der Waals surface area contributed by atoms with Gasteiger partial charge in [-0.15, -0.1) is 0 Å². The van der Waals surface area contributed by atoms with E-state index in [4.69, 9.17) is 0 Å². The Hall–Kier alpha value is -1.85. The number of nitrogens with zero attached hydrogens (tertiary/aromatic N) is 3. The molecule has 0 aromatic carbocycles. The zero-order valence-electron chi connectivity index (χ0n) is 12.3. The van der Waals surface area contributed by atoms with Crippen LogP contribution in [0.5, 0.6) is 0 Å². The third-order valence-corrected chi connectivity index (χ3v) is 3.49. The van der Waals surface area contributed by atoms with Crippen molar-refractivity contribution in [3.63, 3.8) is 0 Å². The van der Waals surface area contributed by atoms with Gasteiger partial charge < -0.3 is 15.5 Å². The van der Waals surface area contributed by atoms with Crippen molar-refractivity contribution in [3.8, 4) is 0 Å². The Labute approximate surface area is 120 Å². The van der Waals surface area contributed by atoms with Gasteiger partial charge in [-0.1, -0.05) is 6.92 Å². The van der Waals surface area contributed by atoms with E-state index in [1.807, 2.05) is 11.8 Å². The highest BCUT2D eigenvalue weighted by Crippen LogP contribution is 2.18. The van der Waals surface area contributed by atoms with Crippen LogP contribution < -0.4 is 10.6 Å². The van der Waals surface area contributed by atoms with Crippen LogP contribution in [0.25, 0.3) is 0 Å². The molecule has 0 saturated carbocycles. The van der Waals surface area contributed by atoms with Crippen LogP contribution in [0.3, 0.4) is 0 Å². The van der Waals surface area contributed by atoms with E-state index in [9.17, 15) is 4.79 Å². The van der Waals surface area contributed by atoms with E-state index < -0.39 is 0 Å². The highest BCUT2D eigenvalue weighted by Gasteiger charge is 2.18. The van der Waals surface area contributed by atoms with Crippen LogP contribution in [-0.4, -0.2) is 47.0 Å². The first-order valence-corrected chi connectivity index (χ1v) is 7.29. The summed E-state index contributed by atoms with van der Waals surface area (Å²) in [5.41, 5.74) is 0.954. The smallest absolute Gasteiger partial charge is 0.241 e. The number of amides is 1. The fourth-order valence-electron chi connectivity index (χ4n) is 2.29. The van der Waals surface area contributed by atoms with Crippen molar-refractivity contribution in [1.82, 2.24) is 14.9 Å². The molecule has 0 atom stereocenters. The van der Waals surface area contributed by atoms with E-state index in [0.717, 1.165) is 56.1 Å². The minimum absolute atomic E-state index is 0.142. The van der Waals surface area contributed by atoms with E-state index in [1.165, 1.54) is 6.33 Å². The zero-order chi connectivity index (χ0) is 14.4. The number of aromatic nitrogens is 2. The van der Waals surface area contributed by atoms with Crippen LogP contribution in [0.1, 0.15) is 31.7 Å². The summed E-state index contributed by atoms with van der Waals surface area (Å²) in [5, 5.41) is 6.38. The van der Waals surface area contributed by atoms with Gasteiger partial charge in [0, 0.05) is 25.2 Å². The number of carbonyl (C=O) groups is 1. The number of nitrogens with one attached hydrogen (secondary N) is 2. The number of hydrogen-bond donors (Lipinski definition) is 2. The number of rotatable bonds is 6. The molecule has 1 saturated heterocycles. The van der Waals surface area contributed by atoms with E-state index in [1.54, 1.807) is 0 Å². The summed E-state index contributed by atoms with van der Waals surface area (Å²) in [4.78, 5) is 22.3. The molecule has 1 aromatic heterocycles. The number of hydrogen-bond acceptors (Lipinski definition) is 5. The largest absolute Gasteiger partial charge is 0.370 e. The molecule has 20 heavy (non-hydrogen) atoms. The fourth-order valence-corrected chi connectivity index (χ4v) is 2.29. The minimum atomic E-state index is 0.142. The number of carbonyl (C=O) groups excluding carboxylic acids is 1. The highest BCUT2D eigenvalue weighted by atomic mass is 16.2. The molecule has 1 amide bonds. The van der Waals surface area contributed by atoms with Gasteiger partial charge in [-0.25, -0.2) is 9.97 Å². The van der Waals surface area contributed by atoms with Gasteiger partial charge >= 0.3 is 0 Å². The van der Waals surface area contributed by atoms with Crippen molar-refractivity contribution in [2.45, 2.75) is 33.1 Å². The first-order chi connectivity index (χ1) is 9.72. The molecule has 6 heteroatoms. The summed E-state index contributed by atoms with van der Waals surface area (Å²) < 4.78 is 0. The van der Waals surface area contributed by atoms with Crippen LogP contribution in [0, 0.1) is 6.92 Å². The van der Waals surface area contributed by atoms with Gasteiger partial charge in [-0.05, 0) is 26.2 Å². The average Bonchev–Trinajstić information content (AvgIpc) is 2.99. The predicted molar refractivity (Wildman–Crippen MR) is 79.9 cm³/mol. The van der Waals surface area contributed by atoms with E-state index >= 15 is 0 Å². The van der Waals surface area contributed by atoms with Gasteiger partial charge in [-0.3, -0.25) is 4.79 Å². The van der Waals surface area contributed by atoms with Crippen LogP contribution in [0.4, 0.5) is 11.6 Å². The van der Waals surface area contributed by atoms with Gasteiger partial charge in [0.2, 0.25) is 5.91 Å². The van der Waals surface area contributed by atoms with E-state index in [0.29, 0.717) is 6.54 Å². The highest BCUT2D eigenvalue weighted by molar-refractivity contribution is 5.81. The maximum absolute atomic E-state index is 12.0. The molecule has 0 unspecified atom stereocenters. The molecule has 1 aliphatic heterocycles. The van der Waals surface area contributed by atoms with E-state index in [-0.39, 0.29) is 5.91 Å². The Morgan fingerprint density at radius 3 is 2.55 bits per heavy atom. The summed E-state index contributed by atoms with van der Waals surface area (Å²) in [6, 6.07) is 0. The molecule has 2 heterocycles. The molecular weight excluding hydrogens is 254 g/mol. The Morgan fingerprint density at radius 1 is 1.25 bits per heavy atom. The number of likely N-dealkylation sites (tertiary alicyclic amines) is 1. The zero-order valence-corrected chi connectivity index (χ0v) is 12.3. The molecule has 1 aromatic rings. The Bertz CT molecular complexity index is 457. The molecular formula is C14H23N5O. The molecule has 0 spiro atoms. The van der Waals surface area contributed by atoms with Gasteiger partial charge in [0.25, 0.3) is 0 Å². The monoisotopic (exact) mass is 277 g/mol. The summed E-state index contributed by atoms with van der Waals surface area (Å²) >= 11 is 0. The van der Waals surface area contributed by atoms with Crippen LogP contribution >= 0.6 is 0 Å². The lowest BCUT2D eigenvalue weighted by Crippen LogP contribution is -2.33. The van der Waals surface area contributed by atoms with Crippen LogP contribution in [0.2, 0.25) is 0 Å². The Kier molecular flexibility index (Phi) is 5.15. The topological polar surface area (TPSA) is 70.1 Å². The lowest BCUT2D eigenvalue weighted by molar-refractivity contribution is -0.128. The molecule has 0 radical (unpaired) electrons. The summed E-state index contributed by atoms with van der Waals surface area (Å²) in [6.07, 6.45) is 4.79. The standard InChI is InChI=1S/C14H23N5O/c1-3-6-15-13-11(2)14(18-10-17-13)16-9-12(20)19-7-4-5-8-19/h10H,3-9H2,1-2H3,(H2,15,16,17,18). The molecule has 2 rings (SSSR count). The molecule has 0 aliphatic carbocycles. The molecule has 1 aliphatic rings. The average molecular weight is 277 g/mol. The molecule has 1 fully saturated rings. The Balaban J connectivity index is 1.93. The van der Waals surface area contributed by atoms with Gasteiger partial charge in [0.05, 0.1) is 6.54 Å². The second-order valence-electron chi connectivity index (χ2n) is 5.06. The summed E-state index contributed by atoms with van der Waals surface area (Å²) in [7, 11) is 0. The van der Waals surface area contributed by atoms with Gasteiger partial charge in [-0.2, -0.15) is 0 Å². The quantitative estimate of drug-likeness (QED) is 0.827. The summed E-state index contributed by atoms with van der Waals surface area (Å²) in [6.45, 7) is 7.01. The maximum atomic E-state index is 12.0. The number of anilines is 2. The fraction of sp³-hybridized carbons (Fsp3) is 0.643. The molecule has 110 valence electrons. The third-order valence-electron chi connectivity index (χ3n) is 3.49. The maximum Gasteiger partial charge on any atom is 0.241 e. The second kappa shape index (κ2) is 7.07. The van der Waals surface area contributed by atoms with Crippen LogP contribution in [0.15, 0.2) is 6.33 Å². The van der Waals surface area contributed by atoms with Crippen molar-refractivity contribution >= 4 is 17.5 Å². The molecule has 2 N–H and O–H groups in total. The van der Waals surface area contributed by atoms with Gasteiger partial charge in [0.15, 0.2) is 0 Å². The lowest BCUT2D eigenvalue weighted by Gasteiger charge is -2.17. The van der Waals surface area contributed by atoms with Crippen molar-refractivity contribution in [2.24, 2.45) is 0 Å². The summed E-state index contributed by atoms with van der Waals surface area (Å²) in [5.74, 6) is 1.70. The molecule has 6 nitrogen and oxygen atoms in total. The first kappa shape index (κ1) is 14.6. The first-order valence-electron chi connectivity index (χ1n) is 7.29. The predicted octanol–water partition coefficient (Wildman–Crippen LogP) is 1.64. The SMILES string of the molecule is CCCNc1ncnc(NCC(=O)N2CCCC2)c1C. The van der Waals surface area contributed by atoms with Crippen molar-refractivity contribution < 1.29 is 4.79 Å².